The van der Waals surface area contributed by atoms with E-state index in [1.165, 1.54) is 5.56 Å². The van der Waals surface area contributed by atoms with Crippen LogP contribution < -0.4 is 5.32 Å². The first-order valence-electron chi connectivity index (χ1n) is 7.34. The molecule has 1 unspecified atom stereocenters. The number of benzene rings is 1. The number of pyridine rings is 1. The highest BCUT2D eigenvalue weighted by molar-refractivity contribution is 5.76. The third-order valence-electron chi connectivity index (χ3n) is 3.69. The lowest BCUT2D eigenvalue weighted by molar-refractivity contribution is -0.121. The van der Waals surface area contributed by atoms with E-state index in [9.17, 15) is 4.79 Å². The summed E-state index contributed by atoms with van der Waals surface area (Å²) in [4.78, 5) is 12.1. The number of carbonyl (C=O) groups excluding carboxylic acids is 1. The average Bonchev–Trinajstić information content (AvgIpc) is 2.97. The van der Waals surface area contributed by atoms with Gasteiger partial charge in [0, 0.05) is 12.6 Å². The molecule has 5 heteroatoms. The van der Waals surface area contributed by atoms with Crippen LogP contribution in [0.15, 0.2) is 54.7 Å². The van der Waals surface area contributed by atoms with E-state index >= 15 is 0 Å². The summed E-state index contributed by atoms with van der Waals surface area (Å²) >= 11 is 0. The van der Waals surface area contributed by atoms with Crippen LogP contribution in [0.4, 0.5) is 0 Å². The first-order chi connectivity index (χ1) is 10.7. The Hall–Kier alpha value is -2.69. The zero-order valence-corrected chi connectivity index (χ0v) is 12.4. The highest BCUT2D eigenvalue weighted by Crippen LogP contribution is 2.18. The zero-order valence-electron chi connectivity index (χ0n) is 12.4. The van der Waals surface area contributed by atoms with Gasteiger partial charge in [-0.25, -0.2) is 0 Å². The number of fused-ring (bicyclic) bond motifs is 1. The molecule has 3 rings (SSSR count). The van der Waals surface area contributed by atoms with Gasteiger partial charge in [-0.3, -0.25) is 9.20 Å². The average molecular weight is 294 g/mol. The van der Waals surface area contributed by atoms with Crippen molar-refractivity contribution in [2.24, 2.45) is 0 Å². The van der Waals surface area contributed by atoms with Crippen molar-refractivity contribution in [2.75, 3.05) is 0 Å². The Morgan fingerprint density at radius 1 is 1.14 bits per heavy atom. The Morgan fingerprint density at radius 3 is 2.73 bits per heavy atom. The molecule has 22 heavy (non-hydrogen) atoms. The van der Waals surface area contributed by atoms with Crippen molar-refractivity contribution in [3.8, 4) is 0 Å². The number of nitrogens with one attached hydrogen (secondary N) is 1. The Labute approximate surface area is 129 Å². The van der Waals surface area contributed by atoms with Crippen molar-refractivity contribution < 1.29 is 4.79 Å². The fraction of sp³-hybridized carbons (Fsp3) is 0.235. The van der Waals surface area contributed by atoms with Gasteiger partial charge in [-0.2, -0.15) is 0 Å². The maximum Gasteiger partial charge on any atom is 0.220 e. The highest BCUT2D eigenvalue weighted by Gasteiger charge is 2.12. The predicted octanol–water partition coefficient (Wildman–Crippen LogP) is 2.54. The fourth-order valence-electron chi connectivity index (χ4n) is 2.44. The molecule has 0 fully saturated rings. The number of hydrogen-bond donors (Lipinski definition) is 1. The summed E-state index contributed by atoms with van der Waals surface area (Å²) < 4.78 is 1.88. The van der Waals surface area contributed by atoms with Crippen molar-refractivity contribution in [3.05, 3.63) is 66.1 Å². The van der Waals surface area contributed by atoms with Crippen LogP contribution in [0.25, 0.3) is 5.65 Å². The largest absolute Gasteiger partial charge is 0.349 e. The van der Waals surface area contributed by atoms with E-state index < -0.39 is 0 Å². The van der Waals surface area contributed by atoms with E-state index in [0.29, 0.717) is 13.0 Å². The quantitative estimate of drug-likeness (QED) is 0.786. The molecule has 1 amide bonds. The van der Waals surface area contributed by atoms with Crippen LogP contribution in [-0.2, 0) is 11.3 Å². The monoisotopic (exact) mass is 294 g/mol. The predicted molar refractivity (Wildman–Crippen MR) is 84.3 cm³/mol. The van der Waals surface area contributed by atoms with Crippen LogP contribution >= 0.6 is 0 Å². The van der Waals surface area contributed by atoms with Crippen LogP contribution in [0.1, 0.15) is 30.7 Å². The Bertz CT molecular complexity index is 766. The molecule has 0 aliphatic heterocycles. The van der Waals surface area contributed by atoms with E-state index in [1.807, 2.05) is 59.1 Å². The highest BCUT2D eigenvalue weighted by atomic mass is 16.1. The molecule has 0 saturated heterocycles. The molecule has 0 aliphatic carbocycles. The molecule has 1 atom stereocenters. The van der Waals surface area contributed by atoms with Gasteiger partial charge in [-0.1, -0.05) is 43.3 Å². The molecule has 112 valence electrons. The van der Waals surface area contributed by atoms with Crippen LogP contribution in [0.5, 0.6) is 0 Å². The molecule has 5 nitrogen and oxygen atoms in total. The van der Waals surface area contributed by atoms with E-state index in [1.54, 1.807) is 0 Å². The summed E-state index contributed by atoms with van der Waals surface area (Å²) in [5.74, 6) is 0.941. The molecular formula is C17H18N4O. The molecule has 1 N–H and O–H groups in total. The minimum atomic E-state index is 0.0176. The lowest BCUT2D eigenvalue weighted by atomic mass is 9.98. The lowest BCUT2D eigenvalue weighted by Gasteiger charge is -2.11. The molecule has 0 radical (unpaired) electrons. The van der Waals surface area contributed by atoms with Crippen LogP contribution in [0.3, 0.4) is 0 Å². The molecule has 1 aromatic carbocycles. The second kappa shape index (κ2) is 6.39. The Balaban J connectivity index is 1.58. The van der Waals surface area contributed by atoms with Crippen molar-refractivity contribution in [2.45, 2.75) is 25.8 Å². The molecular weight excluding hydrogens is 276 g/mol. The first kappa shape index (κ1) is 14.3. The lowest BCUT2D eigenvalue weighted by Crippen LogP contribution is -2.25. The van der Waals surface area contributed by atoms with Gasteiger partial charge < -0.3 is 5.32 Å². The standard InChI is InChI=1S/C17H18N4O/c1-13(14-7-3-2-4-8-14)11-17(22)18-12-16-20-19-15-9-5-6-10-21(15)16/h2-10,13H,11-12H2,1H3,(H,18,22). The van der Waals surface area contributed by atoms with Crippen molar-refractivity contribution in [1.82, 2.24) is 19.9 Å². The number of rotatable bonds is 5. The van der Waals surface area contributed by atoms with Gasteiger partial charge in [0.2, 0.25) is 5.91 Å². The summed E-state index contributed by atoms with van der Waals surface area (Å²) in [5.41, 5.74) is 1.95. The fourth-order valence-corrected chi connectivity index (χ4v) is 2.44. The van der Waals surface area contributed by atoms with Gasteiger partial charge in [0.1, 0.15) is 0 Å². The van der Waals surface area contributed by atoms with Crippen molar-refractivity contribution >= 4 is 11.6 Å². The second-order valence-corrected chi connectivity index (χ2v) is 5.34. The molecule has 0 aliphatic rings. The van der Waals surface area contributed by atoms with E-state index in [-0.39, 0.29) is 11.8 Å². The molecule has 3 aromatic rings. The van der Waals surface area contributed by atoms with Gasteiger partial charge in [0.05, 0.1) is 6.54 Å². The van der Waals surface area contributed by atoms with Gasteiger partial charge in [-0.05, 0) is 23.6 Å². The topological polar surface area (TPSA) is 59.3 Å². The van der Waals surface area contributed by atoms with Crippen LogP contribution in [0, 0.1) is 0 Å². The number of aromatic nitrogens is 3. The molecule has 0 bridgehead atoms. The third-order valence-corrected chi connectivity index (χ3v) is 3.69. The zero-order chi connectivity index (χ0) is 15.4. The smallest absolute Gasteiger partial charge is 0.220 e. The summed E-state index contributed by atoms with van der Waals surface area (Å²) in [7, 11) is 0. The number of amides is 1. The molecule has 0 spiro atoms. The molecule has 2 aromatic heterocycles. The Morgan fingerprint density at radius 2 is 1.91 bits per heavy atom. The maximum atomic E-state index is 12.1. The number of nitrogens with zero attached hydrogens (tertiary/aromatic N) is 3. The maximum absolute atomic E-state index is 12.1. The van der Waals surface area contributed by atoms with Crippen LogP contribution in [-0.4, -0.2) is 20.5 Å². The molecule has 2 heterocycles. The Kier molecular flexibility index (Phi) is 4.14. The first-order valence-corrected chi connectivity index (χ1v) is 7.34. The summed E-state index contributed by atoms with van der Waals surface area (Å²) in [6.07, 6.45) is 2.35. The molecule has 0 saturated carbocycles. The minimum absolute atomic E-state index is 0.0176. The van der Waals surface area contributed by atoms with Gasteiger partial charge >= 0.3 is 0 Å². The minimum Gasteiger partial charge on any atom is -0.349 e. The number of hydrogen-bond acceptors (Lipinski definition) is 3. The summed E-state index contributed by atoms with van der Waals surface area (Å²) in [5, 5.41) is 11.1. The van der Waals surface area contributed by atoms with E-state index in [2.05, 4.69) is 22.4 Å². The van der Waals surface area contributed by atoms with Gasteiger partial charge in [0.15, 0.2) is 11.5 Å². The van der Waals surface area contributed by atoms with Crippen molar-refractivity contribution in [3.63, 3.8) is 0 Å². The third kappa shape index (κ3) is 3.14. The SMILES string of the molecule is CC(CC(=O)NCc1nnc2ccccn12)c1ccccc1. The van der Waals surface area contributed by atoms with E-state index in [4.69, 9.17) is 0 Å². The second-order valence-electron chi connectivity index (χ2n) is 5.34. The van der Waals surface area contributed by atoms with Crippen LogP contribution in [0.2, 0.25) is 0 Å². The van der Waals surface area contributed by atoms with Gasteiger partial charge in [0.25, 0.3) is 0 Å². The van der Waals surface area contributed by atoms with E-state index in [0.717, 1.165) is 11.5 Å². The summed E-state index contributed by atoms with van der Waals surface area (Å²) in [6, 6.07) is 15.8. The van der Waals surface area contributed by atoms with Gasteiger partial charge in [-0.15, -0.1) is 10.2 Å². The van der Waals surface area contributed by atoms with Crippen molar-refractivity contribution in [1.29, 1.82) is 0 Å². The normalized spacial score (nSPS) is 12.2. The summed E-state index contributed by atoms with van der Waals surface area (Å²) in [6.45, 7) is 2.44. The number of carbonyl (C=O) groups is 1.